The molecule has 2 aliphatic rings. The van der Waals surface area contributed by atoms with Crippen molar-refractivity contribution in [1.29, 1.82) is 0 Å². The Morgan fingerprint density at radius 2 is 2.04 bits per heavy atom. The molecule has 1 aromatic heterocycles. The highest BCUT2D eigenvalue weighted by atomic mass is 32.1. The summed E-state index contributed by atoms with van der Waals surface area (Å²) in [7, 11) is 0. The lowest BCUT2D eigenvalue weighted by Gasteiger charge is -2.38. The normalized spacial score (nSPS) is 23.0. The molecule has 1 saturated heterocycles. The summed E-state index contributed by atoms with van der Waals surface area (Å²) in [6, 6.07) is 8.11. The molecule has 2 aromatic rings. The number of amides is 2. The molecule has 2 aliphatic heterocycles. The summed E-state index contributed by atoms with van der Waals surface area (Å²) in [5, 5.41) is 10.0. The molecule has 26 heavy (non-hydrogen) atoms. The molecule has 4 rings (SSSR count). The van der Waals surface area contributed by atoms with Crippen molar-refractivity contribution in [2.75, 3.05) is 29.9 Å². The number of benzene rings is 1. The van der Waals surface area contributed by atoms with Gasteiger partial charge in [-0.25, -0.2) is 0 Å². The van der Waals surface area contributed by atoms with E-state index in [0.717, 1.165) is 18.8 Å². The molecule has 0 radical (unpaired) electrons. The average molecular weight is 370 g/mol. The molecule has 0 aliphatic carbocycles. The van der Waals surface area contributed by atoms with Crippen LogP contribution in [0.4, 0.5) is 17.1 Å². The van der Waals surface area contributed by atoms with Gasteiger partial charge in [-0.3, -0.25) is 19.4 Å². The third kappa shape index (κ3) is 3.02. The quantitative estimate of drug-likeness (QED) is 0.853. The predicted octanol–water partition coefficient (Wildman–Crippen LogP) is 2.66. The predicted molar refractivity (Wildman–Crippen MR) is 104 cm³/mol. The Kier molecular flexibility index (Phi) is 4.52. The zero-order valence-corrected chi connectivity index (χ0v) is 15.7. The number of anilines is 3. The SMILES string of the molecule is CC1CN(CC(=O)N2c3ccccc3NC(=O)c3cscc32)C(C)CN1. The van der Waals surface area contributed by atoms with Gasteiger partial charge in [0.25, 0.3) is 5.91 Å². The molecule has 2 unspecified atom stereocenters. The zero-order valence-electron chi connectivity index (χ0n) is 14.9. The van der Waals surface area contributed by atoms with Crippen LogP contribution in [0.1, 0.15) is 24.2 Å². The summed E-state index contributed by atoms with van der Waals surface area (Å²) in [4.78, 5) is 29.8. The minimum absolute atomic E-state index is 0.0189. The van der Waals surface area contributed by atoms with Crippen molar-refractivity contribution >= 4 is 40.2 Å². The van der Waals surface area contributed by atoms with Crippen molar-refractivity contribution in [3.05, 3.63) is 40.6 Å². The monoisotopic (exact) mass is 370 g/mol. The Hall–Kier alpha value is -2.22. The van der Waals surface area contributed by atoms with Crippen LogP contribution in [0.25, 0.3) is 0 Å². The number of hydrogen-bond donors (Lipinski definition) is 2. The van der Waals surface area contributed by atoms with E-state index >= 15 is 0 Å². The number of nitrogens with zero attached hydrogens (tertiary/aromatic N) is 2. The van der Waals surface area contributed by atoms with Gasteiger partial charge < -0.3 is 10.6 Å². The second kappa shape index (κ2) is 6.83. The molecule has 0 bridgehead atoms. The van der Waals surface area contributed by atoms with Gasteiger partial charge >= 0.3 is 0 Å². The van der Waals surface area contributed by atoms with E-state index in [4.69, 9.17) is 0 Å². The smallest absolute Gasteiger partial charge is 0.258 e. The fourth-order valence-corrected chi connectivity index (χ4v) is 4.35. The van der Waals surface area contributed by atoms with Crippen LogP contribution >= 0.6 is 11.3 Å². The molecule has 0 spiro atoms. The van der Waals surface area contributed by atoms with E-state index in [9.17, 15) is 9.59 Å². The van der Waals surface area contributed by atoms with Crippen LogP contribution < -0.4 is 15.5 Å². The van der Waals surface area contributed by atoms with Crippen molar-refractivity contribution in [1.82, 2.24) is 10.2 Å². The van der Waals surface area contributed by atoms with E-state index < -0.39 is 0 Å². The highest BCUT2D eigenvalue weighted by Gasteiger charge is 2.32. The van der Waals surface area contributed by atoms with Crippen LogP contribution in [0.3, 0.4) is 0 Å². The third-order valence-electron chi connectivity index (χ3n) is 5.00. The number of piperazine rings is 1. The number of carbonyl (C=O) groups is 2. The summed E-state index contributed by atoms with van der Waals surface area (Å²) in [5.41, 5.74) is 2.59. The van der Waals surface area contributed by atoms with Gasteiger partial charge in [-0.15, -0.1) is 11.3 Å². The summed E-state index contributed by atoms with van der Waals surface area (Å²) in [6.07, 6.45) is 0. The lowest BCUT2D eigenvalue weighted by atomic mass is 10.1. The first-order valence-electron chi connectivity index (χ1n) is 8.81. The van der Waals surface area contributed by atoms with E-state index in [1.54, 1.807) is 10.3 Å². The van der Waals surface area contributed by atoms with Crippen LogP contribution in [0.5, 0.6) is 0 Å². The Morgan fingerprint density at radius 3 is 2.88 bits per heavy atom. The first-order valence-corrected chi connectivity index (χ1v) is 9.76. The number of carbonyl (C=O) groups excluding carboxylic acids is 2. The molecule has 1 fully saturated rings. The second-order valence-electron chi connectivity index (χ2n) is 6.96. The second-order valence-corrected chi connectivity index (χ2v) is 7.70. The third-order valence-corrected chi connectivity index (χ3v) is 5.73. The first-order chi connectivity index (χ1) is 12.5. The molecule has 2 atom stereocenters. The fraction of sp³-hybridized carbons (Fsp3) is 0.368. The van der Waals surface area contributed by atoms with E-state index in [2.05, 4.69) is 29.4 Å². The van der Waals surface area contributed by atoms with Crippen LogP contribution in [0.15, 0.2) is 35.0 Å². The standard InChI is InChI=1S/C19H22N4O2S/c1-12-8-22(13(2)7-20-12)9-18(24)23-16-6-4-3-5-15(16)21-19(25)14-10-26-11-17(14)23/h3-6,10-13,20H,7-9H2,1-2H3,(H,21,25). The van der Waals surface area contributed by atoms with Crippen LogP contribution in [0, 0.1) is 0 Å². The van der Waals surface area contributed by atoms with E-state index in [-0.39, 0.29) is 11.8 Å². The number of rotatable bonds is 2. The number of nitrogens with one attached hydrogen (secondary N) is 2. The van der Waals surface area contributed by atoms with Gasteiger partial charge in [0.1, 0.15) is 0 Å². The maximum Gasteiger partial charge on any atom is 0.258 e. The average Bonchev–Trinajstić information content (AvgIpc) is 3.05. The maximum atomic E-state index is 13.3. The molecular weight excluding hydrogens is 348 g/mol. The first kappa shape index (κ1) is 17.2. The molecular formula is C19H22N4O2S. The fourth-order valence-electron chi connectivity index (χ4n) is 3.56. The maximum absolute atomic E-state index is 13.3. The van der Waals surface area contributed by atoms with Gasteiger partial charge in [0.05, 0.1) is 29.2 Å². The molecule has 6 nitrogen and oxygen atoms in total. The molecule has 1 aromatic carbocycles. The number of para-hydroxylation sites is 2. The number of thiophene rings is 1. The molecule has 2 amide bonds. The lowest BCUT2D eigenvalue weighted by Crippen LogP contribution is -2.56. The van der Waals surface area contributed by atoms with E-state index in [1.807, 2.05) is 29.6 Å². The minimum atomic E-state index is -0.173. The lowest BCUT2D eigenvalue weighted by molar-refractivity contribution is -0.119. The van der Waals surface area contributed by atoms with Gasteiger partial charge in [-0.05, 0) is 26.0 Å². The summed E-state index contributed by atoms with van der Waals surface area (Å²) in [6.45, 7) is 6.28. The number of hydrogen-bond acceptors (Lipinski definition) is 5. The largest absolute Gasteiger partial charge is 0.320 e. The number of fused-ring (bicyclic) bond motifs is 2. The van der Waals surface area contributed by atoms with Gasteiger partial charge in [0.2, 0.25) is 5.91 Å². The van der Waals surface area contributed by atoms with Gasteiger partial charge in [0, 0.05) is 35.9 Å². The van der Waals surface area contributed by atoms with Gasteiger partial charge in [-0.1, -0.05) is 12.1 Å². The molecule has 136 valence electrons. The topological polar surface area (TPSA) is 64.7 Å². The summed E-state index contributed by atoms with van der Waals surface area (Å²) in [5.74, 6) is -0.192. The summed E-state index contributed by atoms with van der Waals surface area (Å²) >= 11 is 1.43. The molecule has 0 saturated carbocycles. The minimum Gasteiger partial charge on any atom is -0.320 e. The highest BCUT2D eigenvalue weighted by molar-refractivity contribution is 7.08. The van der Waals surface area contributed by atoms with Crippen molar-refractivity contribution in [2.45, 2.75) is 25.9 Å². The van der Waals surface area contributed by atoms with E-state index in [0.29, 0.717) is 35.6 Å². The van der Waals surface area contributed by atoms with Crippen LogP contribution in [-0.4, -0.2) is 48.4 Å². The molecule has 7 heteroatoms. The van der Waals surface area contributed by atoms with E-state index in [1.165, 1.54) is 11.3 Å². The van der Waals surface area contributed by atoms with Crippen molar-refractivity contribution < 1.29 is 9.59 Å². The van der Waals surface area contributed by atoms with Gasteiger partial charge in [0.15, 0.2) is 0 Å². The molecule has 3 heterocycles. The molecule has 2 N–H and O–H groups in total. The Morgan fingerprint density at radius 1 is 1.23 bits per heavy atom. The van der Waals surface area contributed by atoms with Crippen LogP contribution in [-0.2, 0) is 4.79 Å². The van der Waals surface area contributed by atoms with Crippen molar-refractivity contribution in [3.8, 4) is 0 Å². The van der Waals surface area contributed by atoms with Gasteiger partial charge in [-0.2, -0.15) is 0 Å². The van der Waals surface area contributed by atoms with Crippen molar-refractivity contribution in [3.63, 3.8) is 0 Å². The Labute approximate surface area is 156 Å². The van der Waals surface area contributed by atoms with Crippen LogP contribution in [0.2, 0.25) is 0 Å². The Balaban J connectivity index is 1.70. The van der Waals surface area contributed by atoms with Crippen molar-refractivity contribution in [2.24, 2.45) is 0 Å². The zero-order chi connectivity index (χ0) is 18.3. The summed E-state index contributed by atoms with van der Waals surface area (Å²) < 4.78 is 0. The highest BCUT2D eigenvalue weighted by Crippen LogP contribution is 2.39. The Bertz CT molecular complexity index is 850.